The van der Waals surface area contributed by atoms with Crippen LogP contribution < -0.4 is 10.6 Å². The third-order valence-electron chi connectivity index (χ3n) is 2.64. The maximum Gasteiger partial charge on any atom is 0.229 e. The Morgan fingerprint density at radius 2 is 2.11 bits per heavy atom. The molecule has 0 spiro atoms. The van der Waals surface area contributed by atoms with E-state index in [0.29, 0.717) is 5.95 Å². The standard InChI is InChI=1S/C14H17ClN4/c1-3-7-16-13-6-8-17-14(19-13)18-11-5-4-10(2)12(15)9-11/h4-6,8-9H,3,7H2,1-2H3,(H2,16,17,18,19). The van der Waals surface area contributed by atoms with Crippen LogP contribution in [0.2, 0.25) is 5.02 Å². The van der Waals surface area contributed by atoms with Crippen LogP contribution in [-0.2, 0) is 0 Å². The van der Waals surface area contributed by atoms with Crippen LogP contribution in [0, 0.1) is 6.92 Å². The highest BCUT2D eigenvalue weighted by Crippen LogP contribution is 2.22. The smallest absolute Gasteiger partial charge is 0.229 e. The molecule has 100 valence electrons. The first-order valence-electron chi connectivity index (χ1n) is 6.29. The topological polar surface area (TPSA) is 49.8 Å². The summed E-state index contributed by atoms with van der Waals surface area (Å²) < 4.78 is 0. The molecule has 4 nitrogen and oxygen atoms in total. The van der Waals surface area contributed by atoms with Crippen LogP contribution in [-0.4, -0.2) is 16.5 Å². The van der Waals surface area contributed by atoms with E-state index in [1.807, 2.05) is 31.2 Å². The van der Waals surface area contributed by atoms with Gasteiger partial charge in [-0.25, -0.2) is 4.98 Å². The number of hydrogen-bond donors (Lipinski definition) is 2. The summed E-state index contributed by atoms with van der Waals surface area (Å²) >= 11 is 6.09. The van der Waals surface area contributed by atoms with E-state index < -0.39 is 0 Å². The van der Waals surface area contributed by atoms with E-state index in [4.69, 9.17) is 11.6 Å². The van der Waals surface area contributed by atoms with Crippen molar-refractivity contribution < 1.29 is 0 Å². The molecule has 0 aliphatic rings. The van der Waals surface area contributed by atoms with Crippen molar-refractivity contribution in [3.8, 4) is 0 Å². The number of rotatable bonds is 5. The summed E-state index contributed by atoms with van der Waals surface area (Å²) in [6.45, 7) is 4.98. The molecule has 0 bridgehead atoms. The number of nitrogens with zero attached hydrogens (tertiary/aromatic N) is 2. The molecule has 1 aromatic carbocycles. The van der Waals surface area contributed by atoms with E-state index in [9.17, 15) is 0 Å². The molecule has 1 heterocycles. The highest BCUT2D eigenvalue weighted by atomic mass is 35.5. The minimum atomic E-state index is 0.557. The maximum atomic E-state index is 6.09. The Bertz CT molecular complexity index is 557. The molecule has 0 radical (unpaired) electrons. The fourth-order valence-corrected chi connectivity index (χ4v) is 1.75. The zero-order valence-corrected chi connectivity index (χ0v) is 11.8. The van der Waals surface area contributed by atoms with Gasteiger partial charge in [-0.05, 0) is 37.1 Å². The number of aryl methyl sites for hydroxylation is 1. The first kappa shape index (κ1) is 13.6. The van der Waals surface area contributed by atoms with Crippen molar-refractivity contribution in [2.75, 3.05) is 17.2 Å². The molecule has 0 atom stereocenters. The lowest BCUT2D eigenvalue weighted by Crippen LogP contribution is -2.04. The van der Waals surface area contributed by atoms with Gasteiger partial charge in [0.25, 0.3) is 0 Å². The number of nitrogens with one attached hydrogen (secondary N) is 2. The first-order chi connectivity index (χ1) is 9.19. The zero-order valence-electron chi connectivity index (χ0n) is 11.1. The summed E-state index contributed by atoms with van der Waals surface area (Å²) in [6, 6.07) is 7.63. The highest BCUT2D eigenvalue weighted by molar-refractivity contribution is 6.31. The van der Waals surface area contributed by atoms with Crippen molar-refractivity contribution in [1.29, 1.82) is 0 Å². The van der Waals surface area contributed by atoms with Gasteiger partial charge < -0.3 is 10.6 Å². The van der Waals surface area contributed by atoms with Gasteiger partial charge in [0, 0.05) is 23.5 Å². The van der Waals surface area contributed by atoms with Crippen molar-refractivity contribution in [3.05, 3.63) is 41.0 Å². The van der Waals surface area contributed by atoms with E-state index in [1.165, 1.54) is 0 Å². The summed E-state index contributed by atoms with van der Waals surface area (Å²) in [4.78, 5) is 8.57. The second-order valence-electron chi connectivity index (χ2n) is 4.28. The normalized spacial score (nSPS) is 10.3. The van der Waals surface area contributed by atoms with Gasteiger partial charge in [0.1, 0.15) is 5.82 Å². The van der Waals surface area contributed by atoms with Crippen LogP contribution in [0.5, 0.6) is 0 Å². The minimum absolute atomic E-state index is 0.557. The van der Waals surface area contributed by atoms with E-state index in [-0.39, 0.29) is 0 Å². The lowest BCUT2D eigenvalue weighted by molar-refractivity contribution is 0.966. The van der Waals surface area contributed by atoms with Gasteiger partial charge in [-0.3, -0.25) is 0 Å². The van der Waals surface area contributed by atoms with Gasteiger partial charge in [-0.15, -0.1) is 0 Å². The van der Waals surface area contributed by atoms with Crippen molar-refractivity contribution in [3.63, 3.8) is 0 Å². The minimum Gasteiger partial charge on any atom is -0.370 e. The number of hydrogen-bond acceptors (Lipinski definition) is 4. The van der Waals surface area contributed by atoms with Crippen molar-refractivity contribution in [2.24, 2.45) is 0 Å². The average Bonchev–Trinajstić information content (AvgIpc) is 2.41. The summed E-state index contributed by atoms with van der Waals surface area (Å²) in [5, 5.41) is 7.09. The van der Waals surface area contributed by atoms with Crippen molar-refractivity contribution in [2.45, 2.75) is 20.3 Å². The van der Waals surface area contributed by atoms with Crippen LogP contribution in [0.25, 0.3) is 0 Å². The Morgan fingerprint density at radius 3 is 2.84 bits per heavy atom. The summed E-state index contributed by atoms with van der Waals surface area (Å²) in [5.74, 6) is 1.37. The predicted molar refractivity (Wildman–Crippen MR) is 80.3 cm³/mol. The van der Waals surface area contributed by atoms with Crippen LogP contribution in [0.1, 0.15) is 18.9 Å². The quantitative estimate of drug-likeness (QED) is 0.866. The van der Waals surface area contributed by atoms with Crippen molar-refractivity contribution >= 4 is 29.1 Å². The molecule has 0 saturated heterocycles. The number of anilines is 3. The van der Waals surface area contributed by atoms with Gasteiger partial charge >= 0.3 is 0 Å². The van der Waals surface area contributed by atoms with Gasteiger partial charge in [-0.1, -0.05) is 24.6 Å². The molecule has 0 unspecified atom stereocenters. The van der Waals surface area contributed by atoms with E-state index >= 15 is 0 Å². The van der Waals surface area contributed by atoms with Gasteiger partial charge in [0.05, 0.1) is 0 Å². The van der Waals surface area contributed by atoms with E-state index in [1.54, 1.807) is 6.20 Å². The Balaban J connectivity index is 2.11. The van der Waals surface area contributed by atoms with E-state index in [2.05, 4.69) is 27.5 Å². The van der Waals surface area contributed by atoms with E-state index in [0.717, 1.165) is 35.1 Å². The third kappa shape index (κ3) is 3.83. The molecule has 0 aliphatic carbocycles. The molecular weight excluding hydrogens is 260 g/mol. The van der Waals surface area contributed by atoms with Gasteiger partial charge in [0.2, 0.25) is 5.95 Å². The van der Waals surface area contributed by atoms with Crippen LogP contribution in [0.4, 0.5) is 17.5 Å². The fraction of sp³-hybridized carbons (Fsp3) is 0.286. The third-order valence-corrected chi connectivity index (χ3v) is 3.05. The van der Waals surface area contributed by atoms with Crippen LogP contribution in [0.3, 0.4) is 0 Å². The lowest BCUT2D eigenvalue weighted by atomic mass is 10.2. The Hall–Kier alpha value is -1.81. The largest absolute Gasteiger partial charge is 0.370 e. The maximum absolute atomic E-state index is 6.09. The Kier molecular flexibility index (Phi) is 4.58. The number of aromatic nitrogens is 2. The average molecular weight is 277 g/mol. The van der Waals surface area contributed by atoms with Gasteiger partial charge in [-0.2, -0.15) is 4.98 Å². The Labute approximate surface area is 118 Å². The molecule has 5 heteroatoms. The SMILES string of the molecule is CCCNc1ccnc(Nc2ccc(C)c(Cl)c2)n1. The second kappa shape index (κ2) is 6.38. The van der Waals surface area contributed by atoms with Crippen LogP contribution in [0.15, 0.2) is 30.5 Å². The van der Waals surface area contributed by atoms with Crippen LogP contribution >= 0.6 is 11.6 Å². The molecule has 19 heavy (non-hydrogen) atoms. The molecule has 0 fully saturated rings. The fourth-order valence-electron chi connectivity index (χ4n) is 1.57. The highest BCUT2D eigenvalue weighted by Gasteiger charge is 2.01. The second-order valence-corrected chi connectivity index (χ2v) is 4.69. The molecule has 1 aromatic heterocycles. The number of halogens is 1. The summed E-state index contributed by atoms with van der Waals surface area (Å²) in [7, 11) is 0. The molecule has 2 aromatic rings. The molecule has 0 saturated carbocycles. The molecule has 2 rings (SSSR count). The summed E-state index contributed by atoms with van der Waals surface area (Å²) in [5.41, 5.74) is 1.93. The van der Waals surface area contributed by atoms with Crippen molar-refractivity contribution in [1.82, 2.24) is 9.97 Å². The number of benzene rings is 1. The molecule has 0 aliphatic heterocycles. The first-order valence-corrected chi connectivity index (χ1v) is 6.67. The zero-order chi connectivity index (χ0) is 13.7. The lowest BCUT2D eigenvalue weighted by Gasteiger charge is -2.08. The molecule has 2 N–H and O–H groups in total. The Morgan fingerprint density at radius 1 is 1.26 bits per heavy atom. The van der Waals surface area contributed by atoms with Gasteiger partial charge in [0.15, 0.2) is 0 Å². The summed E-state index contributed by atoms with van der Waals surface area (Å²) in [6.07, 6.45) is 2.78. The predicted octanol–water partition coefficient (Wildman–Crippen LogP) is 4.00. The molecular formula is C14H17ClN4. The molecule has 0 amide bonds. The monoisotopic (exact) mass is 276 g/mol.